The second-order valence-corrected chi connectivity index (χ2v) is 2.89. The van der Waals surface area contributed by atoms with E-state index in [2.05, 4.69) is 14.5 Å². The molecule has 0 saturated carbocycles. The molecular formula is C9H9F3N2O3. The number of anilines is 1. The highest BCUT2D eigenvalue weighted by Crippen LogP contribution is 2.26. The number of nitrogens with zero attached hydrogens (tertiary/aromatic N) is 1. The van der Waals surface area contributed by atoms with Crippen LogP contribution in [0.1, 0.15) is 17.3 Å². The average Bonchev–Trinajstić information content (AvgIpc) is 2.19. The molecule has 1 aromatic heterocycles. The third-order valence-electron chi connectivity index (χ3n) is 1.60. The molecule has 0 aliphatic rings. The van der Waals surface area contributed by atoms with Crippen molar-refractivity contribution in [1.29, 1.82) is 0 Å². The first-order valence-corrected chi connectivity index (χ1v) is 4.52. The van der Waals surface area contributed by atoms with Crippen LogP contribution in [0.25, 0.3) is 0 Å². The summed E-state index contributed by atoms with van der Waals surface area (Å²) in [5.41, 5.74) is 4.83. The number of nitrogens with two attached hydrogens (primary N) is 1. The van der Waals surface area contributed by atoms with Gasteiger partial charge in [0.2, 0.25) is 5.88 Å². The summed E-state index contributed by atoms with van der Waals surface area (Å²) in [6.45, 7) is 1.73. The number of hydrogen-bond acceptors (Lipinski definition) is 5. The van der Waals surface area contributed by atoms with Crippen LogP contribution in [0.15, 0.2) is 12.3 Å². The van der Waals surface area contributed by atoms with Gasteiger partial charge in [-0.3, -0.25) is 0 Å². The summed E-state index contributed by atoms with van der Waals surface area (Å²) >= 11 is 0. The number of alkyl halides is 3. The molecule has 0 aliphatic heterocycles. The second kappa shape index (κ2) is 4.89. The van der Waals surface area contributed by atoms with Gasteiger partial charge in [0.25, 0.3) is 0 Å². The minimum Gasteiger partial charge on any atom is -0.462 e. The highest BCUT2D eigenvalue weighted by atomic mass is 19.4. The van der Waals surface area contributed by atoms with Gasteiger partial charge >= 0.3 is 12.3 Å². The van der Waals surface area contributed by atoms with Gasteiger partial charge in [0.05, 0.1) is 17.9 Å². The van der Waals surface area contributed by atoms with Crippen molar-refractivity contribution in [2.45, 2.75) is 13.3 Å². The van der Waals surface area contributed by atoms with E-state index in [-0.39, 0.29) is 12.2 Å². The van der Waals surface area contributed by atoms with Crippen molar-refractivity contribution < 1.29 is 27.4 Å². The Labute approximate surface area is 94.3 Å². The minimum absolute atomic E-state index is 0.0427. The standard InChI is InChI=1S/C9H9F3N2O3/c1-2-16-8(15)5-3-6(13)7(14-4-5)17-9(10,11)12/h3-4H,2,13H2,1H3. The molecule has 17 heavy (non-hydrogen) atoms. The van der Waals surface area contributed by atoms with E-state index in [0.29, 0.717) is 0 Å². The van der Waals surface area contributed by atoms with Crippen LogP contribution >= 0.6 is 0 Å². The summed E-state index contributed by atoms with van der Waals surface area (Å²) in [6.07, 6.45) is -3.98. The molecule has 0 saturated heterocycles. The van der Waals surface area contributed by atoms with Crippen LogP contribution in [-0.2, 0) is 4.74 Å². The maximum atomic E-state index is 11.9. The normalized spacial score (nSPS) is 11.1. The van der Waals surface area contributed by atoms with E-state index in [1.807, 2.05) is 0 Å². The molecule has 1 aromatic rings. The van der Waals surface area contributed by atoms with Crippen molar-refractivity contribution in [3.05, 3.63) is 17.8 Å². The third-order valence-corrected chi connectivity index (χ3v) is 1.60. The molecular weight excluding hydrogens is 241 g/mol. The van der Waals surface area contributed by atoms with Crippen LogP contribution in [0, 0.1) is 0 Å². The molecule has 0 spiro atoms. The van der Waals surface area contributed by atoms with Crippen LogP contribution in [0.2, 0.25) is 0 Å². The number of nitrogen functional groups attached to an aromatic ring is 1. The summed E-state index contributed by atoms with van der Waals surface area (Å²) in [5.74, 6) is -1.52. The van der Waals surface area contributed by atoms with E-state index in [4.69, 9.17) is 5.73 Å². The summed E-state index contributed by atoms with van der Waals surface area (Å²) in [6, 6.07) is 1.01. The molecule has 1 heterocycles. The number of halogens is 3. The SMILES string of the molecule is CCOC(=O)c1cnc(OC(F)(F)F)c(N)c1. The molecule has 0 radical (unpaired) electrons. The first kappa shape index (κ1) is 13.1. The summed E-state index contributed by atoms with van der Waals surface area (Å²) < 4.78 is 43.8. The first-order valence-electron chi connectivity index (χ1n) is 4.52. The Kier molecular flexibility index (Phi) is 3.77. The molecule has 0 aliphatic carbocycles. The summed E-state index contributed by atoms with van der Waals surface area (Å²) in [4.78, 5) is 14.5. The van der Waals surface area contributed by atoms with E-state index in [1.54, 1.807) is 6.92 Å². The quantitative estimate of drug-likeness (QED) is 0.827. The number of aromatic nitrogens is 1. The van der Waals surface area contributed by atoms with E-state index in [0.717, 1.165) is 12.3 Å². The third kappa shape index (κ3) is 3.82. The smallest absolute Gasteiger partial charge is 0.462 e. The second-order valence-electron chi connectivity index (χ2n) is 2.89. The van der Waals surface area contributed by atoms with Gasteiger partial charge in [-0.1, -0.05) is 0 Å². The van der Waals surface area contributed by atoms with Crippen molar-refractivity contribution in [1.82, 2.24) is 4.98 Å². The largest absolute Gasteiger partial charge is 0.574 e. The van der Waals surface area contributed by atoms with Gasteiger partial charge in [-0.2, -0.15) is 0 Å². The highest BCUT2D eigenvalue weighted by Gasteiger charge is 2.32. The molecule has 94 valence electrons. The summed E-state index contributed by atoms with van der Waals surface area (Å²) in [7, 11) is 0. The van der Waals surface area contributed by atoms with Crippen molar-refractivity contribution in [3.63, 3.8) is 0 Å². The topological polar surface area (TPSA) is 74.4 Å². The lowest BCUT2D eigenvalue weighted by atomic mass is 10.2. The van der Waals surface area contributed by atoms with Gasteiger partial charge < -0.3 is 15.2 Å². The number of ether oxygens (including phenoxy) is 2. The lowest BCUT2D eigenvalue weighted by molar-refractivity contribution is -0.275. The van der Waals surface area contributed by atoms with Crippen LogP contribution in [-0.4, -0.2) is 23.9 Å². The number of pyridine rings is 1. The Bertz CT molecular complexity index is 420. The molecule has 0 unspecified atom stereocenters. The van der Waals surface area contributed by atoms with Gasteiger partial charge in [-0.15, -0.1) is 13.2 Å². The highest BCUT2D eigenvalue weighted by molar-refractivity contribution is 5.90. The molecule has 0 bridgehead atoms. The first-order chi connectivity index (χ1) is 7.83. The fourth-order valence-electron chi connectivity index (χ4n) is 0.990. The van der Waals surface area contributed by atoms with E-state index in [9.17, 15) is 18.0 Å². The van der Waals surface area contributed by atoms with Crippen molar-refractivity contribution in [3.8, 4) is 5.88 Å². The number of carbonyl (C=O) groups excluding carboxylic acids is 1. The van der Waals surface area contributed by atoms with Crippen LogP contribution in [0.5, 0.6) is 5.88 Å². The fourth-order valence-corrected chi connectivity index (χ4v) is 0.990. The predicted molar refractivity (Wildman–Crippen MR) is 51.3 cm³/mol. The maximum absolute atomic E-state index is 11.9. The van der Waals surface area contributed by atoms with Gasteiger partial charge in [0.15, 0.2) is 0 Å². The summed E-state index contributed by atoms with van der Waals surface area (Å²) in [5, 5.41) is 0. The number of esters is 1. The molecule has 0 amide bonds. The van der Waals surface area contributed by atoms with Gasteiger partial charge in [0, 0.05) is 6.20 Å². The lowest BCUT2D eigenvalue weighted by Gasteiger charge is -2.10. The van der Waals surface area contributed by atoms with Crippen molar-refractivity contribution in [2.24, 2.45) is 0 Å². The van der Waals surface area contributed by atoms with Gasteiger partial charge in [0.1, 0.15) is 0 Å². The molecule has 0 aromatic carbocycles. The zero-order chi connectivity index (χ0) is 13.1. The molecule has 8 heteroatoms. The Balaban J connectivity index is 2.90. The molecule has 5 nitrogen and oxygen atoms in total. The molecule has 0 fully saturated rings. The average molecular weight is 250 g/mol. The van der Waals surface area contributed by atoms with Crippen LogP contribution in [0.3, 0.4) is 0 Å². The van der Waals surface area contributed by atoms with E-state index >= 15 is 0 Å². The van der Waals surface area contributed by atoms with Crippen LogP contribution < -0.4 is 10.5 Å². The minimum atomic E-state index is -4.88. The Morgan fingerprint density at radius 3 is 2.65 bits per heavy atom. The van der Waals surface area contributed by atoms with Gasteiger partial charge in [-0.05, 0) is 13.0 Å². The maximum Gasteiger partial charge on any atom is 0.574 e. The van der Waals surface area contributed by atoms with Gasteiger partial charge in [-0.25, -0.2) is 9.78 Å². The molecule has 2 N–H and O–H groups in total. The molecule has 1 rings (SSSR count). The van der Waals surface area contributed by atoms with Crippen LogP contribution in [0.4, 0.5) is 18.9 Å². The number of hydrogen-bond donors (Lipinski definition) is 1. The number of rotatable bonds is 3. The Morgan fingerprint density at radius 2 is 2.18 bits per heavy atom. The predicted octanol–water partition coefficient (Wildman–Crippen LogP) is 1.74. The molecule has 0 atom stereocenters. The fraction of sp³-hybridized carbons (Fsp3) is 0.333. The Hall–Kier alpha value is -1.99. The lowest BCUT2D eigenvalue weighted by Crippen LogP contribution is -2.19. The monoisotopic (exact) mass is 250 g/mol. The zero-order valence-corrected chi connectivity index (χ0v) is 8.75. The zero-order valence-electron chi connectivity index (χ0n) is 8.75. The Morgan fingerprint density at radius 1 is 1.53 bits per heavy atom. The van der Waals surface area contributed by atoms with E-state index in [1.165, 1.54) is 0 Å². The van der Waals surface area contributed by atoms with Crippen molar-refractivity contribution >= 4 is 11.7 Å². The number of carbonyl (C=O) groups is 1. The van der Waals surface area contributed by atoms with Crippen molar-refractivity contribution in [2.75, 3.05) is 12.3 Å². The van der Waals surface area contributed by atoms with E-state index < -0.39 is 23.9 Å².